The summed E-state index contributed by atoms with van der Waals surface area (Å²) in [4.78, 5) is 0. The van der Waals surface area contributed by atoms with Gasteiger partial charge in [0.25, 0.3) is 0 Å². The van der Waals surface area contributed by atoms with Gasteiger partial charge in [0.15, 0.2) is 11.6 Å². The van der Waals surface area contributed by atoms with Crippen LogP contribution in [0.3, 0.4) is 0 Å². The van der Waals surface area contributed by atoms with Crippen molar-refractivity contribution < 1.29 is 19.2 Å². The van der Waals surface area contributed by atoms with E-state index in [0.29, 0.717) is 5.56 Å². The van der Waals surface area contributed by atoms with Gasteiger partial charge in [-0.1, -0.05) is 12.1 Å². The molecule has 0 heterocycles. The Morgan fingerprint density at radius 3 is 2.57 bits per heavy atom. The van der Waals surface area contributed by atoms with Gasteiger partial charge in [0, 0.05) is 5.46 Å². The molecule has 1 aromatic carbocycles. The fourth-order valence-electron chi connectivity index (χ4n) is 1.16. The Balaban J connectivity index is 3.22. The second kappa shape index (κ2) is 4.44. The maximum absolute atomic E-state index is 13.5. The van der Waals surface area contributed by atoms with Gasteiger partial charge in [-0.2, -0.15) is 0 Å². The summed E-state index contributed by atoms with van der Waals surface area (Å²) in [6, 6.07) is 2.92. The Labute approximate surface area is 82.3 Å². The van der Waals surface area contributed by atoms with Crippen LogP contribution in [0.15, 0.2) is 12.1 Å². The number of rotatable bonds is 3. The van der Waals surface area contributed by atoms with Crippen LogP contribution >= 0.6 is 0 Å². The van der Waals surface area contributed by atoms with Crippen molar-refractivity contribution in [2.45, 2.75) is 13.8 Å². The summed E-state index contributed by atoms with van der Waals surface area (Å²) in [5.41, 5.74) is 0.466. The number of benzene rings is 1. The standard InChI is InChI=1S/C9H12BFO3/c1-3-14-9-7(10(12)13)5-4-6(2)8(9)11/h4-5,12-13H,3H2,1-2H3. The molecule has 0 spiro atoms. The van der Waals surface area contributed by atoms with E-state index in [4.69, 9.17) is 14.8 Å². The fraction of sp³-hybridized carbons (Fsp3) is 0.333. The van der Waals surface area contributed by atoms with Gasteiger partial charge < -0.3 is 14.8 Å². The number of halogens is 1. The molecule has 0 atom stereocenters. The largest absolute Gasteiger partial charge is 0.492 e. The molecular weight excluding hydrogens is 186 g/mol. The summed E-state index contributed by atoms with van der Waals surface area (Å²) < 4.78 is 18.5. The molecule has 0 aliphatic carbocycles. The first-order valence-electron chi connectivity index (χ1n) is 4.35. The molecule has 5 heteroatoms. The zero-order valence-electron chi connectivity index (χ0n) is 8.12. The molecule has 1 rings (SSSR count). The third-order valence-corrected chi connectivity index (χ3v) is 1.89. The zero-order chi connectivity index (χ0) is 10.7. The number of hydrogen-bond acceptors (Lipinski definition) is 3. The third-order valence-electron chi connectivity index (χ3n) is 1.89. The maximum Gasteiger partial charge on any atom is 0.492 e. The van der Waals surface area contributed by atoms with Gasteiger partial charge in [0.1, 0.15) is 0 Å². The Morgan fingerprint density at radius 2 is 2.07 bits per heavy atom. The normalized spacial score (nSPS) is 10.1. The number of aryl methyl sites for hydroxylation is 1. The predicted octanol–water partition coefficient (Wildman–Crippen LogP) is 0.213. The van der Waals surface area contributed by atoms with E-state index in [9.17, 15) is 4.39 Å². The van der Waals surface area contributed by atoms with Crippen molar-refractivity contribution in [1.82, 2.24) is 0 Å². The van der Waals surface area contributed by atoms with Crippen LogP contribution in [0.4, 0.5) is 4.39 Å². The second-order valence-electron chi connectivity index (χ2n) is 2.92. The summed E-state index contributed by atoms with van der Waals surface area (Å²) >= 11 is 0. The van der Waals surface area contributed by atoms with Gasteiger partial charge in [0.2, 0.25) is 0 Å². The van der Waals surface area contributed by atoms with E-state index < -0.39 is 12.9 Å². The highest BCUT2D eigenvalue weighted by Gasteiger charge is 2.21. The lowest BCUT2D eigenvalue weighted by Crippen LogP contribution is -2.32. The molecule has 0 amide bonds. The lowest BCUT2D eigenvalue weighted by atomic mass is 9.79. The summed E-state index contributed by atoms with van der Waals surface area (Å²) in [6.07, 6.45) is 0. The lowest BCUT2D eigenvalue weighted by molar-refractivity contribution is 0.321. The maximum atomic E-state index is 13.5. The molecular formula is C9H12BFO3. The van der Waals surface area contributed by atoms with Crippen LogP contribution in [0.25, 0.3) is 0 Å². The highest BCUT2D eigenvalue weighted by molar-refractivity contribution is 6.59. The molecule has 0 bridgehead atoms. The van der Waals surface area contributed by atoms with Crippen LogP contribution in [0, 0.1) is 12.7 Å². The fourth-order valence-corrected chi connectivity index (χ4v) is 1.16. The van der Waals surface area contributed by atoms with E-state index in [2.05, 4.69) is 0 Å². The average Bonchev–Trinajstić information content (AvgIpc) is 2.13. The SMILES string of the molecule is CCOc1c(B(O)O)ccc(C)c1F. The first-order valence-corrected chi connectivity index (χ1v) is 4.35. The first-order chi connectivity index (χ1) is 6.57. The van der Waals surface area contributed by atoms with Crippen molar-refractivity contribution in [3.63, 3.8) is 0 Å². The zero-order valence-corrected chi connectivity index (χ0v) is 8.12. The quantitative estimate of drug-likeness (QED) is 0.682. The molecule has 2 N–H and O–H groups in total. The Morgan fingerprint density at radius 1 is 1.43 bits per heavy atom. The minimum Gasteiger partial charge on any atom is -0.491 e. The van der Waals surface area contributed by atoms with E-state index in [1.54, 1.807) is 13.8 Å². The second-order valence-corrected chi connectivity index (χ2v) is 2.92. The van der Waals surface area contributed by atoms with Crippen LogP contribution in [0.1, 0.15) is 12.5 Å². The average molecular weight is 198 g/mol. The molecule has 0 saturated heterocycles. The van der Waals surface area contributed by atoms with E-state index in [0.717, 1.165) is 0 Å². The molecule has 0 aliphatic rings. The smallest absolute Gasteiger partial charge is 0.491 e. The Kier molecular flexibility index (Phi) is 3.49. The predicted molar refractivity (Wildman–Crippen MR) is 52.1 cm³/mol. The van der Waals surface area contributed by atoms with Crippen molar-refractivity contribution in [1.29, 1.82) is 0 Å². The van der Waals surface area contributed by atoms with Crippen LogP contribution < -0.4 is 10.2 Å². The van der Waals surface area contributed by atoms with Crippen LogP contribution in [-0.2, 0) is 0 Å². The van der Waals surface area contributed by atoms with Crippen molar-refractivity contribution in [3.8, 4) is 5.75 Å². The van der Waals surface area contributed by atoms with Gasteiger partial charge in [-0.05, 0) is 19.4 Å². The summed E-state index contributed by atoms with van der Waals surface area (Å²) in [6.45, 7) is 3.57. The van der Waals surface area contributed by atoms with Gasteiger partial charge in [-0.15, -0.1) is 0 Å². The van der Waals surface area contributed by atoms with Crippen molar-refractivity contribution in [2.24, 2.45) is 0 Å². The molecule has 0 aliphatic heterocycles. The summed E-state index contributed by atoms with van der Waals surface area (Å²) in [5.74, 6) is -0.625. The Hall–Kier alpha value is -1.07. The molecule has 0 aromatic heterocycles. The molecule has 1 aromatic rings. The van der Waals surface area contributed by atoms with E-state index >= 15 is 0 Å². The molecule has 0 fully saturated rings. The number of ether oxygens (including phenoxy) is 1. The number of hydrogen-bond donors (Lipinski definition) is 2. The van der Waals surface area contributed by atoms with Gasteiger partial charge in [-0.3, -0.25) is 0 Å². The van der Waals surface area contributed by atoms with Gasteiger partial charge >= 0.3 is 7.12 Å². The minimum absolute atomic E-state index is 0.0509. The van der Waals surface area contributed by atoms with Crippen LogP contribution in [-0.4, -0.2) is 23.8 Å². The Bertz CT molecular complexity index is 328. The van der Waals surface area contributed by atoms with Crippen LogP contribution in [0.5, 0.6) is 5.75 Å². The highest BCUT2D eigenvalue weighted by atomic mass is 19.1. The van der Waals surface area contributed by atoms with Gasteiger partial charge in [-0.25, -0.2) is 4.39 Å². The van der Waals surface area contributed by atoms with E-state index in [-0.39, 0.29) is 17.8 Å². The molecule has 0 radical (unpaired) electrons. The highest BCUT2D eigenvalue weighted by Crippen LogP contribution is 2.18. The molecule has 14 heavy (non-hydrogen) atoms. The summed E-state index contributed by atoms with van der Waals surface area (Å²) in [7, 11) is -1.72. The lowest BCUT2D eigenvalue weighted by Gasteiger charge is -2.11. The van der Waals surface area contributed by atoms with Crippen molar-refractivity contribution >= 4 is 12.6 Å². The van der Waals surface area contributed by atoms with Crippen molar-refractivity contribution in [3.05, 3.63) is 23.5 Å². The minimum atomic E-state index is -1.72. The molecule has 3 nitrogen and oxygen atoms in total. The monoisotopic (exact) mass is 198 g/mol. The summed E-state index contributed by atoms with van der Waals surface area (Å²) in [5, 5.41) is 17.9. The third kappa shape index (κ3) is 2.05. The van der Waals surface area contributed by atoms with Crippen molar-refractivity contribution in [2.75, 3.05) is 6.61 Å². The van der Waals surface area contributed by atoms with Crippen LogP contribution in [0.2, 0.25) is 0 Å². The molecule has 0 saturated carbocycles. The molecule has 0 unspecified atom stereocenters. The molecule has 76 valence electrons. The first kappa shape index (κ1) is 11.0. The van der Waals surface area contributed by atoms with E-state index in [1.165, 1.54) is 12.1 Å². The topological polar surface area (TPSA) is 49.7 Å². The van der Waals surface area contributed by atoms with E-state index in [1.807, 2.05) is 0 Å². The van der Waals surface area contributed by atoms with Gasteiger partial charge in [0.05, 0.1) is 6.61 Å².